The quantitative estimate of drug-likeness (QED) is 0.633. The summed E-state index contributed by atoms with van der Waals surface area (Å²) in [6.07, 6.45) is 11.1. The van der Waals surface area contributed by atoms with E-state index in [0.717, 1.165) is 13.0 Å². The normalized spacial score (nSPS) is 11.5. The summed E-state index contributed by atoms with van der Waals surface area (Å²) >= 11 is 0. The molecular weight excluding hydrogens is 182 g/mol. The Kier molecular flexibility index (Phi) is 4.96. The predicted molar refractivity (Wildman–Crippen MR) is 66.9 cm³/mol. The minimum absolute atomic E-state index is 0.994. The van der Waals surface area contributed by atoms with Gasteiger partial charge in [-0.2, -0.15) is 0 Å². The molecule has 82 valence electrons. The molecule has 1 nitrogen and oxygen atoms in total. The maximum atomic E-state index is 2.30. The monoisotopic (exact) mass is 203 g/mol. The Balaban J connectivity index is 2.30. The van der Waals surface area contributed by atoms with E-state index in [1.54, 1.807) is 0 Å². The van der Waals surface area contributed by atoms with E-state index in [9.17, 15) is 0 Å². The maximum Gasteiger partial charge on any atom is 0.0402 e. The van der Waals surface area contributed by atoms with Gasteiger partial charge in [-0.25, -0.2) is 0 Å². The van der Waals surface area contributed by atoms with Crippen molar-refractivity contribution in [2.45, 2.75) is 40.2 Å². The van der Waals surface area contributed by atoms with Crippen LogP contribution < -0.4 is 0 Å². The van der Waals surface area contributed by atoms with Gasteiger partial charge in [0.2, 0.25) is 0 Å². The van der Waals surface area contributed by atoms with Crippen LogP contribution in [0.15, 0.2) is 47.8 Å². The summed E-state index contributed by atoms with van der Waals surface area (Å²) in [5, 5.41) is 0. The summed E-state index contributed by atoms with van der Waals surface area (Å²) in [7, 11) is 0. The molecule has 0 spiro atoms. The van der Waals surface area contributed by atoms with Crippen LogP contribution in [0.5, 0.6) is 0 Å². The molecule has 0 atom stereocenters. The van der Waals surface area contributed by atoms with Crippen LogP contribution >= 0.6 is 0 Å². The van der Waals surface area contributed by atoms with Gasteiger partial charge >= 0.3 is 0 Å². The summed E-state index contributed by atoms with van der Waals surface area (Å²) in [5.41, 5.74) is 2.88. The summed E-state index contributed by atoms with van der Waals surface area (Å²) in [6, 6.07) is 4.12. The Morgan fingerprint density at radius 3 is 2.33 bits per heavy atom. The second kappa shape index (κ2) is 6.28. The Morgan fingerprint density at radius 1 is 1.07 bits per heavy atom. The molecular formula is C14H21N. The first-order valence-electron chi connectivity index (χ1n) is 5.58. The van der Waals surface area contributed by atoms with Crippen molar-refractivity contribution in [3.8, 4) is 0 Å². The van der Waals surface area contributed by atoms with Crippen LogP contribution in [0.1, 0.15) is 33.6 Å². The van der Waals surface area contributed by atoms with Gasteiger partial charge < -0.3 is 4.57 Å². The van der Waals surface area contributed by atoms with Crippen molar-refractivity contribution in [1.29, 1.82) is 0 Å². The van der Waals surface area contributed by atoms with Gasteiger partial charge in [0.05, 0.1) is 0 Å². The smallest absolute Gasteiger partial charge is 0.0402 e. The first kappa shape index (κ1) is 11.8. The van der Waals surface area contributed by atoms with E-state index in [0.29, 0.717) is 0 Å². The second-order valence-electron chi connectivity index (χ2n) is 4.25. The van der Waals surface area contributed by atoms with Crippen LogP contribution in [0.2, 0.25) is 0 Å². The van der Waals surface area contributed by atoms with E-state index in [1.165, 1.54) is 17.6 Å². The summed E-state index contributed by atoms with van der Waals surface area (Å²) in [5.74, 6) is 0. The molecule has 1 aromatic heterocycles. The van der Waals surface area contributed by atoms with E-state index in [1.807, 2.05) is 0 Å². The fourth-order valence-electron chi connectivity index (χ4n) is 1.44. The van der Waals surface area contributed by atoms with Gasteiger partial charge in [-0.05, 0) is 45.7 Å². The van der Waals surface area contributed by atoms with E-state index < -0.39 is 0 Å². The van der Waals surface area contributed by atoms with Crippen molar-refractivity contribution >= 4 is 0 Å². The van der Waals surface area contributed by atoms with Crippen molar-refractivity contribution in [3.05, 3.63) is 47.8 Å². The summed E-state index contributed by atoms with van der Waals surface area (Å²) in [6.45, 7) is 7.51. The fraction of sp³-hybridized carbons (Fsp3) is 0.429. The minimum Gasteiger partial charge on any atom is -0.351 e. The number of aromatic nitrogens is 1. The average Bonchev–Trinajstić information content (AvgIpc) is 2.66. The Bertz CT molecular complexity index is 324. The Labute approximate surface area is 93.1 Å². The van der Waals surface area contributed by atoms with Crippen molar-refractivity contribution in [3.63, 3.8) is 0 Å². The highest BCUT2D eigenvalue weighted by atomic mass is 14.9. The molecule has 0 amide bonds. The predicted octanol–water partition coefficient (Wildman–Crippen LogP) is 4.18. The zero-order valence-corrected chi connectivity index (χ0v) is 10.0. The Hall–Kier alpha value is -1.24. The third-order valence-corrected chi connectivity index (χ3v) is 2.41. The molecule has 0 unspecified atom stereocenters. The molecule has 0 N–H and O–H groups in total. The lowest BCUT2D eigenvalue weighted by atomic mass is 10.1. The van der Waals surface area contributed by atoms with Crippen LogP contribution in [0.25, 0.3) is 0 Å². The van der Waals surface area contributed by atoms with Crippen LogP contribution in [-0.4, -0.2) is 4.57 Å². The lowest BCUT2D eigenvalue weighted by Gasteiger charge is -2.01. The fourth-order valence-corrected chi connectivity index (χ4v) is 1.44. The lowest BCUT2D eigenvalue weighted by molar-refractivity contribution is 0.814. The molecule has 0 radical (unpaired) electrons. The largest absolute Gasteiger partial charge is 0.351 e. The van der Waals surface area contributed by atoms with E-state index in [2.05, 4.69) is 62.0 Å². The number of hydrogen-bond donors (Lipinski definition) is 0. The van der Waals surface area contributed by atoms with E-state index >= 15 is 0 Å². The van der Waals surface area contributed by atoms with Gasteiger partial charge in [-0.15, -0.1) is 0 Å². The molecule has 0 saturated heterocycles. The summed E-state index contributed by atoms with van der Waals surface area (Å²) < 4.78 is 2.18. The lowest BCUT2D eigenvalue weighted by Crippen LogP contribution is -1.91. The number of nitrogens with zero attached hydrogens (tertiary/aromatic N) is 1. The van der Waals surface area contributed by atoms with Gasteiger partial charge in [0.1, 0.15) is 0 Å². The molecule has 15 heavy (non-hydrogen) atoms. The van der Waals surface area contributed by atoms with Crippen LogP contribution in [-0.2, 0) is 6.54 Å². The molecule has 0 fully saturated rings. The standard InChI is InChI=1S/C14H21N/c1-13(2)7-6-8-14(3)9-12-15-10-4-5-11-15/h4-5,7,9-11H,6,8,12H2,1-3H3/b14-9+. The van der Waals surface area contributed by atoms with E-state index in [4.69, 9.17) is 0 Å². The second-order valence-corrected chi connectivity index (χ2v) is 4.25. The molecule has 0 bridgehead atoms. The molecule has 1 heteroatoms. The van der Waals surface area contributed by atoms with Crippen LogP contribution in [0, 0.1) is 0 Å². The van der Waals surface area contributed by atoms with Gasteiger partial charge in [-0.3, -0.25) is 0 Å². The van der Waals surface area contributed by atoms with Gasteiger partial charge in [0.25, 0.3) is 0 Å². The molecule has 0 aromatic carbocycles. The van der Waals surface area contributed by atoms with Crippen molar-refractivity contribution in [2.24, 2.45) is 0 Å². The number of rotatable bonds is 5. The van der Waals surface area contributed by atoms with Crippen LogP contribution in [0.4, 0.5) is 0 Å². The van der Waals surface area contributed by atoms with Crippen molar-refractivity contribution in [2.75, 3.05) is 0 Å². The third kappa shape index (κ3) is 5.26. The molecule has 1 aromatic rings. The zero-order valence-electron chi connectivity index (χ0n) is 10.0. The van der Waals surface area contributed by atoms with Gasteiger partial charge in [0, 0.05) is 18.9 Å². The zero-order chi connectivity index (χ0) is 11.1. The van der Waals surface area contributed by atoms with Gasteiger partial charge in [0.15, 0.2) is 0 Å². The molecule has 0 aliphatic heterocycles. The van der Waals surface area contributed by atoms with E-state index in [-0.39, 0.29) is 0 Å². The topological polar surface area (TPSA) is 4.93 Å². The maximum absolute atomic E-state index is 2.30. The first-order valence-corrected chi connectivity index (χ1v) is 5.58. The van der Waals surface area contributed by atoms with Crippen LogP contribution in [0.3, 0.4) is 0 Å². The van der Waals surface area contributed by atoms with Crippen molar-refractivity contribution < 1.29 is 0 Å². The molecule has 1 rings (SSSR count). The molecule has 0 aliphatic carbocycles. The number of allylic oxidation sites excluding steroid dienone is 4. The Morgan fingerprint density at radius 2 is 1.73 bits per heavy atom. The first-order chi connectivity index (χ1) is 7.18. The molecule has 1 heterocycles. The minimum atomic E-state index is 0.994. The molecule has 0 aliphatic rings. The highest BCUT2D eigenvalue weighted by molar-refractivity contribution is 5.03. The van der Waals surface area contributed by atoms with Gasteiger partial charge in [-0.1, -0.05) is 23.3 Å². The SMILES string of the molecule is CC(C)=CCC/C(C)=C/Cn1cccc1. The average molecular weight is 203 g/mol. The highest BCUT2D eigenvalue weighted by Gasteiger charge is 1.89. The number of hydrogen-bond acceptors (Lipinski definition) is 0. The highest BCUT2D eigenvalue weighted by Crippen LogP contribution is 2.07. The van der Waals surface area contributed by atoms with Crippen molar-refractivity contribution in [1.82, 2.24) is 4.57 Å². The third-order valence-electron chi connectivity index (χ3n) is 2.41. The molecule has 0 saturated carbocycles. The summed E-state index contributed by atoms with van der Waals surface area (Å²) in [4.78, 5) is 0.